The van der Waals surface area contributed by atoms with Gasteiger partial charge in [0.1, 0.15) is 18.5 Å². The lowest BCUT2D eigenvalue weighted by atomic mass is 10.1. The van der Waals surface area contributed by atoms with Gasteiger partial charge >= 0.3 is 0 Å². The molecule has 234 valence electrons. The van der Waals surface area contributed by atoms with Gasteiger partial charge in [0.15, 0.2) is 35.1 Å². The van der Waals surface area contributed by atoms with Crippen LogP contribution in [0.5, 0.6) is 0 Å². The predicted octanol–water partition coefficient (Wildman–Crippen LogP) is 4.65. The van der Waals surface area contributed by atoms with Crippen LogP contribution in [0, 0.1) is 13.8 Å². The molecule has 2 N–H and O–H groups in total. The molecule has 5 heterocycles. The second-order valence-corrected chi connectivity index (χ2v) is 12.4. The number of carbonyl (C=O) groups excluding carboxylic acids is 1. The fourth-order valence-electron chi connectivity index (χ4n) is 6.58. The van der Waals surface area contributed by atoms with E-state index in [1.807, 2.05) is 25.3 Å². The third-order valence-corrected chi connectivity index (χ3v) is 8.67. The van der Waals surface area contributed by atoms with E-state index in [0.717, 1.165) is 13.0 Å². The molecule has 3 aromatic heterocycles. The highest BCUT2D eigenvalue weighted by Gasteiger charge is 2.58. The van der Waals surface area contributed by atoms with Crippen molar-refractivity contribution >= 4 is 33.8 Å². The summed E-state index contributed by atoms with van der Waals surface area (Å²) in [5.74, 6) is -0.438. The van der Waals surface area contributed by atoms with Gasteiger partial charge in [0.2, 0.25) is 0 Å². The Bertz CT molecular complexity index is 1880. The first-order valence-electron chi connectivity index (χ1n) is 15.6. The highest BCUT2D eigenvalue weighted by molar-refractivity contribution is 5.85. The number of benzene rings is 2. The van der Waals surface area contributed by atoms with Crippen LogP contribution in [-0.4, -0.2) is 67.2 Å². The molecule has 11 nitrogen and oxygen atoms in total. The van der Waals surface area contributed by atoms with Gasteiger partial charge < -0.3 is 29.4 Å². The maximum Gasteiger partial charge on any atom is 0.252 e. The maximum atomic E-state index is 12.8. The summed E-state index contributed by atoms with van der Waals surface area (Å²) >= 11 is 0. The van der Waals surface area contributed by atoms with Gasteiger partial charge in [-0.15, -0.1) is 0 Å². The smallest absolute Gasteiger partial charge is 0.252 e. The van der Waals surface area contributed by atoms with Crippen LogP contribution >= 0.6 is 0 Å². The topological polar surface area (TPSA) is 117 Å². The molecule has 11 heteroatoms. The van der Waals surface area contributed by atoms with Crippen molar-refractivity contribution in [1.29, 1.82) is 0 Å². The summed E-state index contributed by atoms with van der Waals surface area (Å²) in [6.45, 7) is 11.8. The number of fused-ring (bicyclic) bond motifs is 3. The lowest BCUT2D eigenvalue weighted by molar-refractivity contribution is -0.197. The van der Waals surface area contributed by atoms with Gasteiger partial charge in [-0.2, -0.15) is 0 Å². The van der Waals surface area contributed by atoms with Crippen LogP contribution in [-0.2, 0) is 32.0 Å². The Morgan fingerprint density at radius 1 is 1.02 bits per heavy atom. The Labute approximate surface area is 261 Å². The number of likely N-dealkylation sites (N-methyl/N-ethyl adjacent to an activating group) is 1. The maximum absolute atomic E-state index is 12.8. The van der Waals surface area contributed by atoms with E-state index >= 15 is 0 Å². The van der Waals surface area contributed by atoms with E-state index in [0.29, 0.717) is 30.1 Å². The van der Waals surface area contributed by atoms with Crippen LogP contribution in [0.3, 0.4) is 0 Å². The molecule has 2 aromatic carbocycles. The number of imidazole rings is 1. The Morgan fingerprint density at radius 3 is 2.69 bits per heavy atom. The number of para-hydroxylation sites is 1. The van der Waals surface area contributed by atoms with Gasteiger partial charge in [-0.05, 0) is 63.8 Å². The highest BCUT2D eigenvalue weighted by Crippen LogP contribution is 2.44. The summed E-state index contributed by atoms with van der Waals surface area (Å²) in [7, 11) is 0. The Balaban J connectivity index is 1.11. The van der Waals surface area contributed by atoms with Crippen molar-refractivity contribution in [3.63, 3.8) is 0 Å². The third-order valence-electron chi connectivity index (χ3n) is 8.67. The van der Waals surface area contributed by atoms with Crippen LogP contribution < -0.4 is 10.6 Å². The fourth-order valence-corrected chi connectivity index (χ4v) is 6.58. The molecule has 7 rings (SSSR count). The molecule has 0 bridgehead atoms. The first-order chi connectivity index (χ1) is 21.7. The van der Waals surface area contributed by atoms with Crippen LogP contribution in [0.2, 0.25) is 0 Å². The van der Waals surface area contributed by atoms with E-state index in [2.05, 4.69) is 92.7 Å². The zero-order valence-electron chi connectivity index (χ0n) is 26.3. The zero-order chi connectivity index (χ0) is 31.3. The minimum absolute atomic E-state index is 0.229. The number of hydrogen-bond acceptors (Lipinski definition) is 8. The molecule has 2 fully saturated rings. The van der Waals surface area contributed by atoms with Gasteiger partial charge in [-0.25, -0.2) is 15.0 Å². The van der Waals surface area contributed by atoms with Crippen LogP contribution in [0.4, 0.5) is 5.82 Å². The number of ether oxygens (including phenoxy) is 3. The number of aromatic nitrogens is 5. The molecule has 45 heavy (non-hydrogen) atoms. The second-order valence-electron chi connectivity index (χ2n) is 12.4. The lowest BCUT2D eigenvalue weighted by Gasteiger charge is -2.24. The predicted molar refractivity (Wildman–Crippen MR) is 171 cm³/mol. The summed E-state index contributed by atoms with van der Waals surface area (Å²) in [6, 6.07) is 15.2. The summed E-state index contributed by atoms with van der Waals surface area (Å²) in [4.78, 5) is 26.5. The minimum atomic E-state index is -0.845. The monoisotopic (exact) mass is 609 g/mol. The summed E-state index contributed by atoms with van der Waals surface area (Å²) in [5.41, 5.74) is 7.58. The number of hydrogen-bond donors (Lipinski definition) is 2. The van der Waals surface area contributed by atoms with Crippen molar-refractivity contribution < 1.29 is 19.0 Å². The van der Waals surface area contributed by atoms with Crippen molar-refractivity contribution in [1.82, 2.24) is 29.4 Å². The molecular weight excluding hydrogens is 570 g/mol. The van der Waals surface area contributed by atoms with Gasteiger partial charge in [-0.1, -0.05) is 42.0 Å². The molecular formula is C34H39N7O4. The lowest BCUT2D eigenvalue weighted by Crippen LogP contribution is -2.42. The molecule has 0 aliphatic carbocycles. The Kier molecular flexibility index (Phi) is 7.55. The average Bonchev–Trinajstić information content (AvgIpc) is 3.76. The van der Waals surface area contributed by atoms with E-state index in [9.17, 15) is 4.79 Å². The largest absolute Gasteiger partial charge is 0.368 e. The van der Waals surface area contributed by atoms with Crippen molar-refractivity contribution in [3.8, 4) is 0 Å². The Morgan fingerprint density at radius 2 is 1.84 bits per heavy atom. The molecule has 0 saturated carbocycles. The number of aryl methyl sites for hydroxylation is 2. The first kappa shape index (κ1) is 29.4. The van der Waals surface area contributed by atoms with Gasteiger partial charge in [0, 0.05) is 36.7 Å². The number of carbonyl (C=O) groups is 1. The average molecular weight is 610 g/mol. The van der Waals surface area contributed by atoms with Gasteiger partial charge in [-0.3, -0.25) is 9.36 Å². The quantitative estimate of drug-likeness (QED) is 0.248. The van der Waals surface area contributed by atoms with Gasteiger partial charge in [0.25, 0.3) is 5.91 Å². The molecule has 0 radical (unpaired) electrons. The number of rotatable bonds is 9. The van der Waals surface area contributed by atoms with Crippen molar-refractivity contribution in [2.75, 3.05) is 18.4 Å². The van der Waals surface area contributed by atoms with Crippen LogP contribution in [0.15, 0.2) is 61.3 Å². The van der Waals surface area contributed by atoms with E-state index < -0.39 is 30.3 Å². The summed E-state index contributed by atoms with van der Waals surface area (Å²) in [5, 5.41) is 7.58. The molecule has 0 unspecified atom stereocenters. The van der Waals surface area contributed by atoms with E-state index in [1.165, 1.54) is 39.5 Å². The molecule has 2 saturated heterocycles. The molecule has 4 atom stereocenters. The second kappa shape index (κ2) is 11.6. The van der Waals surface area contributed by atoms with Crippen LogP contribution in [0.25, 0.3) is 22.1 Å². The number of nitrogens with one attached hydrogen (secondary N) is 2. The van der Waals surface area contributed by atoms with Gasteiger partial charge in [0.05, 0.1) is 6.33 Å². The zero-order valence-corrected chi connectivity index (χ0v) is 26.3. The molecule has 1 amide bonds. The van der Waals surface area contributed by atoms with Crippen molar-refractivity contribution in [2.45, 2.75) is 77.9 Å². The molecule has 0 spiro atoms. The van der Waals surface area contributed by atoms with Crippen molar-refractivity contribution in [2.24, 2.45) is 0 Å². The standard InChI is InChI=1S/C34H39N7O4/c1-6-35-32(42)28-27-29(45-34(4,5)44-27)33(43-28)41-19-39-26-30(37-18-38-31(26)41)36-14-13-22-16-40(25-10-8-7-9-24(22)25)17-23-15-20(2)11-12-21(23)3/h7-12,15-16,18-19,27-29,33H,6,13-14,17H2,1-5H3,(H,35,42)(H,36,37,38)/t27-,28+,29-,33-/m1/s1. The summed E-state index contributed by atoms with van der Waals surface area (Å²) in [6.07, 6.45) is 3.75. The van der Waals surface area contributed by atoms with Crippen molar-refractivity contribution in [3.05, 3.63) is 83.6 Å². The molecule has 5 aromatic rings. The van der Waals surface area contributed by atoms with Crippen LogP contribution in [0.1, 0.15) is 49.3 Å². The summed E-state index contributed by atoms with van der Waals surface area (Å²) < 4.78 is 22.7. The molecule has 2 aliphatic heterocycles. The first-order valence-corrected chi connectivity index (χ1v) is 15.6. The number of amides is 1. The fraction of sp³-hybridized carbons (Fsp3) is 0.412. The third kappa shape index (κ3) is 5.45. The number of anilines is 1. The Hall–Kier alpha value is -4.32. The minimum Gasteiger partial charge on any atom is -0.368 e. The van der Waals surface area contributed by atoms with E-state index in [-0.39, 0.29) is 5.91 Å². The highest BCUT2D eigenvalue weighted by atomic mass is 16.8. The SMILES string of the molecule is CCNC(=O)[C@H]1O[C@@H](n2cnc3c(NCCc4cn(Cc5cc(C)ccc5C)c5ccccc45)ncnc32)[C@@H]2OC(C)(C)O[C@@H]21. The van der Waals surface area contributed by atoms with E-state index in [4.69, 9.17) is 14.2 Å². The molecule has 2 aliphatic rings. The van der Waals surface area contributed by atoms with E-state index in [1.54, 1.807) is 6.33 Å². The normalized spacial score (nSPS) is 22.2. The number of nitrogens with zero attached hydrogens (tertiary/aromatic N) is 5.